The minimum absolute atomic E-state index is 0.193. The van der Waals surface area contributed by atoms with Crippen molar-refractivity contribution in [3.63, 3.8) is 0 Å². The Morgan fingerprint density at radius 1 is 1.06 bits per heavy atom. The molecule has 0 aliphatic heterocycles. The maximum Gasteiger partial charge on any atom is 0.259 e. The van der Waals surface area contributed by atoms with E-state index in [1.54, 1.807) is 36.2 Å². The summed E-state index contributed by atoms with van der Waals surface area (Å²) >= 11 is 0. The highest BCUT2D eigenvalue weighted by Crippen LogP contribution is 2.32. The van der Waals surface area contributed by atoms with Gasteiger partial charge in [-0.15, -0.1) is 0 Å². The Labute approximate surface area is 194 Å². The lowest BCUT2D eigenvalue weighted by Crippen LogP contribution is -2.31. The number of halogens is 1. The molecule has 1 aromatic carbocycles. The largest absolute Gasteiger partial charge is 0.466 e. The second-order valence-corrected chi connectivity index (χ2v) is 8.02. The molecule has 0 atom stereocenters. The van der Waals surface area contributed by atoms with Crippen LogP contribution in [0.4, 0.5) is 10.1 Å². The predicted octanol–water partition coefficient (Wildman–Crippen LogP) is 5.79. The fraction of sp³-hybridized carbons (Fsp3) is 0.154. The van der Waals surface area contributed by atoms with E-state index >= 15 is 0 Å². The fourth-order valence-electron chi connectivity index (χ4n) is 3.99. The molecular formula is C26H21FN4O3. The molecule has 1 amide bonds. The number of hydrogen-bond donors (Lipinski definition) is 0. The number of carbonyl (C=O) groups is 1. The Kier molecular flexibility index (Phi) is 5.41. The molecule has 0 spiro atoms. The number of anilines is 1. The van der Waals surface area contributed by atoms with Crippen molar-refractivity contribution in [3.05, 3.63) is 95.1 Å². The zero-order valence-corrected chi connectivity index (χ0v) is 18.9. The van der Waals surface area contributed by atoms with Crippen LogP contribution in [0.3, 0.4) is 0 Å². The molecule has 5 aromatic rings. The molecule has 0 aliphatic rings. The van der Waals surface area contributed by atoms with Crippen molar-refractivity contribution in [2.75, 3.05) is 4.90 Å². The maximum absolute atomic E-state index is 14.1. The van der Waals surface area contributed by atoms with E-state index in [2.05, 4.69) is 15.1 Å². The highest BCUT2D eigenvalue weighted by Gasteiger charge is 2.26. The monoisotopic (exact) mass is 456 g/mol. The number of nitrogens with zero attached hydrogens (tertiary/aromatic N) is 4. The van der Waals surface area contributed by atoms with Gasteiger partial charge < -0.3 is 13.8 Å². The summed E-state index contributed by atoms with van der Waals surface area (Å²) in [4.78, 5) is 24.6. The Hall–Kier alpha value is -4.33. The highest BCUT2D eigenvalue weighted by molar-refractivity contribution is 6.14. The second kappa shape index (κ2) is 8.55. The van der Waals surface area contributed by atoms with E-state index in [0.29, 0.717) is 39.5 Å². The summed E-state index contributed by atoms with van der Waals surface area (Å²) in [5.41, 5.74) is 3.71. The van der Waals surface area contributed by atoms with Crippen molar-refractivity contribution < 1.29 is 18.1 Å². The number of amides is 1. The Balaban J connectivity index is 1.67. The van der Waals surface area contributed by atoms with E-state index in [0.717, 1.165) is 11.3 Å². The lowest BCUT2D eigenvalue weighted by molar-refractivity contribution is 0.0986. The van der Waals surface area contributed by atoms with Gasteiger partial charge in [-0.25, -0.2) is 9.37 Å². The molecule has 0 saturated heterocycles. The first-order chi connectivity index (χ1) is 16.4. The Morgan fingerprint density at radius 2 is 1.85 bits per heavy atom. The average Bonchev–Trinajstić information content (AvgIpc) is 3.38. The molecule has 0 aliphatic carbocycles. The quantitative estimate of drug-likeness (QED) is 0.333. The topological polar surface area (TPSA) is 85.3 Å². The molecule has 0 N–H and O–H groups in total. The summed E-state index contributed by atoms with van der Waals surface area (Å²) in [6, 6.07) is 14.9. The number of pyridine rings is 2. The maximum atomic E-state index is 14.1. The number of carbonyl (C=O) groups excluding carboxylic acids is 1. The van der Waals surface area contributed by atoms with Crippen LogP contribution in [0.15, 0.2) is 69.7 Å². The molecule has 0 saturated carbocycles. The van der Waals surface area contributed by atoms with E-state index in [9.17, 15) is 9.18 Å². The van der Waals surface area contributed by atoms with Gasteiger partial charge in [0.05, 0.1) is 34.6 Å². The molecule has 4 heterocycles. The van der Waals surface area contributed by atoms with Gasteiger partial charge in [0.25, 0.3) is 11.6 Å². The van der Waals surface area contributed by atoms with Crippen LogP contribution in [0.25, 0.3) is 22.4 Å². The molecule has 0 radical (unpaired) electrons. The van der Waals surface area contributed by atoms with E-state index in [-0.39, 0.29) is 24.0 Å². The Morgan fingerprint density at radius 3 is 2.53 bits per heavy atom. The molecular weight excluding hydrogens is 435 g/mol. The van der Waals surface area contributed by atoms with Gasteiger partial charge >= 0.3 is 0 Å². The summed E-state index contributed by atoms with van der Waals surface area (Å²) in [5.74, 6) is 0.723. The van der Waals surface area contributed by atoms with Crippen molar-refractivity contribution in [3.8, 4) is 11.3 Å². The molecule has 170 valence electrons. The number of benzene rings is 1. The summed E-state index contributed by atoms with van der Waals surface area (Å²) in [6.45, 7) is 5.65. The first-order valence-corrected chi connectivity index (χ1v) is 10.7. The molecule has 5 rings (SSSR count). The summed E-state index contributed by atoms with van der Waals surface area (Å²) in [6.07, 6.45) is 1.67. The average molecular weight is 456 g/mol. The van der Waals surface area contributed by atoms with Gasteiger partial charge in [0.15, 0.2) is 0 Å². The second-order valence-electron chi connectivity index (χ2n) is 8.02. The standard InChI is InChI=1S/C26H21FN4O3/c1-15-12-21(17(3)33-15)23-13-22(24-16(2)30-34-25(24)29-23)26(32)31(14-19-6-4-5-11-28-19)20-9-7-18(27)8-10-20/h4-13H,14H2,1-3H3. The van der Waals surface area contributed by atoms with Crippen LogP contribution in [-0.4, -0.2) is 21.0 Å². The third kappa shape index (κ3) is 3.94. The number of furan rings is 1. The van der Waals surface area contributed by atoms with Crippen molar-refractivity contribution in [2.24, 2.45) is 0 Å². The van der Waals surface area contributed by atoms with Gasteiger partial charge in [0, 0.05) is 17.4 Å². The van der Waals surface area contributed by atoms with Crippen LogP contribution in [0.2, 0.25) is 0 Å². The van der Waals surface area contributed by atoms with Crippen molar-refractivity contribution >= 4 is 22.7 Å². The van der Waals surface area contributed by atoms with Gasteiger partial charge in [0.2, 0.25) is 0 Å². The van der Waals surface area contributed by atoms with Crippen LogP contribution in [-0.2, 0) is 6.54 Å². The summed E-state index contributed by atoms with van der Waals surface area (Å²) < 4.78 is 24.8. The number of aryl methyl sites for hydroxylation is 3. The highest BCUT2D eigenvalue weighted by atomic mass is 19.1. The van der Waals surface area contributed by atoms with Crippen LogP contribution < -0.4 is 4.90 Å². The molecule has 0 fully saturated rings. The minimum Gasteiger partial charge on any atom is -0.466 e. The van der Waals surface area contributed by atoms with Gasteiger partial charge in [-0.05, 0) is 69.3 Å². The van der Waals surface area contributed by atoms with Gasteiger partial charge in [-0.1, -0.05) is 11.2 Å². The first-order valence-electron chi connectivity index (χ1n) is 10.7. The molecule has 34 heavy (non-hydrogen) atoms. The number of aromatic nitrogens is 3. The van der Waals surface area contributed by atoms with Crippen molar-refractivity contribution in [1.82, 2.24) is 15.1 Å². The third-order valence-corrected chi connectivity index (χ3v) is 5.59. The first kappa shape index (κ1) is 21.5. The van der Waals surface area contributed by atoms with Gasteiger partial charge in [0.1, 0.15) is 17.3 Å². The summed E-state index contributed by atoms with van der Waals surface area (Å²) in [7, 11) is 0. The van der Waals surface area contributed by atoms with E-state index in [1.807, 2.05) is 38.1 Å². The zero-order chi connectivity index (χ0) is 23.8. The predicted molar refractivity (Wildman–Crippen MR) is 125 cm³/mol. The lowest BCUT2D eigenvalue weighted by atomic mass is 10.0. The van der Waals surface area contributed by atoms with E-state index in [4.69, 9.17) is 8.94 Å². The molecule has 4 aromatic heterocycles. The third-order valence-electron chi connectivity index (χ3n) is 5.59. The molecule has 0 unspecified atom stereocenters. The van der Waals surface area contributed by atoms with E-state index in [1.165, 1.54) is 12.1 Å². The molecule has 7 nitrogen and oxygen atoms in total. The Bertz CT molecular complexity index is 1490. The zero-order valence-electron chi connectivity index (χ0n) is 18.9. The lowest BCUT2D eigenvalue weighted by Gasteiger charge is -2.23. The van der Waals surface area contributed by atoms with Crippen LogP contribution in [0.5, 0.6) is 0 Å². The smallest absolute Gasteiger partial charge is 0.259 e. The van der Waals surface area contributed by atoms with Crippen LogP contribution in [0.1, 0.15) is 33.3 Å². The fourth-order valence-corrected chi connectivity index (χ4v) is 3.99. The SMILES string of the molecule is Cc1cc(-c2cc(C(=O)N(Cc3ccccn3)c3ccc(F)cc3)c3c(C)noc3n2)c(C)o1. The number of fused-ring (bicyclic) bond motifs is 1. The molecule has 0 bridgehead atoms. The van der Waals surface area contributed by atoms with Gasteiger partial charge in [-0.3, -0.25) is 9.78 Å². The number of hydrogen-bond acceptors (Lipinski definition) is 6. The minimum atomic E-state index is -0.386. The van der Waals surface area contributed by atoms with Gasteiger partial charge in [-0.2, -0.15) is 0 Å². The number of rotatable bonds is 5. The summed E-state index contributed by atoms with van der Waals surface area (Å²) in [5, 5.41) is 4.56. The van der Waals surface area contributed by atoms with Crippen molar-refractivity contribution in [1.29, 1.82) is 0 Å². The van der Waals surface area contributed by atoms with Crippen molar-refractivity contribution in [2.45, 2.75) is 27.3 Å². The van der Waals surface area contributed by atoms with Crippen LogP contribution >= 0.6 is 0 Å². The van der Waals surface area contributed by atoms with Crippen LogP contribution in [0, 0.1) is 26.6 Å². The molecule has 8 heteroatoms. The normalized spacial score (nSPS) is 11.2. The van der Waals surface area contributed by atoms with E-state index < -0.39 is 0 Å².